The molecule has 0 aromatic rings. The van der Waals surface area contributed by atoms with Gasteiger partial charge in [0.2, 0.25) is 0 Å². The lowest BCUT2D eigenvalue weighted by Crippen LogP contribution is -2.27. The normalized spacial score (nSPS) is 10.7. The average molecular weight is 302 g/mol. The molecule has 0 rings (SSSR count). The van der Waals surface area contributed by atoms with E-state index in [-0.39, 0.29) is 0 Å². The van der Waals surface area contributed by atoms with Crippen LogP contribution in [0.1, 0.15) is 34.6 Å². The molecule has 0 saturated carbocycles. The average Bonchev–Trinajstić information content (AvgIpc) is 2.31. The molecule has 0 aliphatic rings. The fourth-order valence-corrected chi connectivity index (χ4v) is 2.43. The van der Waals surface area contributed by atoms with Crippen LogP contribution in [0.3, 0.4) is 0 Å². The van der Waals surface area contributed by atoms with Crippen molar-refractivity contribution in [3.05, 3.63) is 0 Å². The largest absolute Gasteiger partial charge is 0.484 e. The second-order valence-corrected chi connectivity index (χ2v) is 5.30. The summed E-state index contributed by atoms with van der Waals surface area (Å²) in [5.74, 6) is 0. The van der Waals surface area contributed by atoms with E-state index in [0.717, 1.165) is 0 Å². The van der Waals surface area contributed by atoms with Gasteiger partial charge in [0, 0.05) is 19.8 Å². The second kappa shape index (κ2) is 17.4. The number of rotatable bonds is 10. The summed E-state index contributed by atoms with van der Waals surface area (Å²) in [6, 6.07) is 0. The smallest absolute Gasteiger partial charge is 0.376 e. The number of hydrogen-bond donors (Lipinski definition) is 1. The van der Waals surface area contributed by atoms with Crippen molar-refractivity contribution >= 4 is 18.1 Å². The van der Waals surface area contributed by atoms with Crippen molar-refractivity contribution in [2.75, 3.05) is 33.0 Å². The molecule has 0 aromatic heterocycles. The molecule has 0 aliphatic carbocycles. The van der Waals surface area contributed by atoms with Crippen LogP contribution in [0.5, 0.6) is 0 Å². The topological polar surface area (TPSA) is 66.4 Å². The Morgan fingerprint density at radius 1 is 0.722 bits per heavy atom. The zero-order chi connectivity index (χ0) is 14.2. The molecule has 8 heteroatoms. The van der Waals surface area contributed by atoms with Crippen molar-refractivity contribution in [1.29, 1.82) is 0 Å². The Balaban J connectivity index is 0. The predicted molar refractivity (Wildman–Crippen MR) is 74.4 cm³/mol. The predicted octanol–water partition coefficient (Wildman–Crippen LogP) is 2.09. The Kier molecular flexibility index (Phi) is 20.0. The Hall–Kier alpha value is 0.407. The highest BCUT2D eigenvalue weighted by atomic mass is 31.2. The van der Waals surface area contributed by atoms with Crippen molar-refractivity contribution < 1.29 is 27.2 Å². The Bertz CT molecular complexity index is 134. The molecular formula is C10H27O6PSi. The standard InChI is InChI=1S/C6H16O3Si.C4H11O3P/c1-4-7-10(8-5-2)9-6-3;1-3-6-8(5)7-4-2/h10H,4-6H2,1-3H3;5H,3-4H2,1-2H3. The van der Waals surface area contributed by atoms with E-state index in [1.54, 1.807) is 0 Å². The molecule has 1 N–H and O–H groups in total. The molecule has 0 heterocycles. The molecule has 0 aliphatic heterocycles. The fourth-order valence-electron chi connectivity index (χ4n) is 0.811. The van der Waals surface area contributed by atoms with Gasteiger partial charge in [0.05, 0.1) is 13.2 Å². The first-order valence-electron chi connectivity index (χ1n) is 6.25. The van der Waals surface area contributed by atoms with Gasteiger partial charge in [-0.3, -0.25) is 0 Å². The quantitative estimate of drug-likeness (QED) is 0.492. The second-order valence-electron chi connectivity index (χ2n) is 2.73. The van der Waals surface area contributed by atoms with Crippen molar-refractivity contribution in [2.24, 2.45) is 0 Å². The molecule has 0 atom stereocenters. The Morgan fingerprint density at radius 3 is 1.28 bits per heavy atom. The van der Waals surface area contributed by atoms with Crippen molar-refractivity contribution in [2.45, 2.75) is 34.6 Å². The molecule has 0 radical (unpaired) electrons. The monoisotopic (exact) mass is 302 g/mol. The summed E-state index contributed by atoms with van der Waals surface area (Å²) in [4.78, 5) is 8.67. The van der Waals surface area contributed by atoms with Crippen LogP contribution < -0.4 is 0 Å². The molecule has 0 aromatic carbocycles. The van der Waals surface area contributed by atoms with Crippen LogP contribution >= 0.6 is 8.60 Å². The lowest BCUT2D eigenvalue weighted by molar-refractivity contribution is 0.107. The van der Waals surface area contributed by atoms with Gasteiger partial charge >= 0.3 is 18.1 Å². The Labute approximate surface area is 113 Å². The molecule has 112 valence electrons. The minimum absolute atomic E-state index is 0.502. The SMILES string of the molecule is CCOP(O)OCC.CCO[SiH](OCC)OCC. The van der Waals surface area contributed by atoms with E-state index >= 15 is 0 Å². The van der Waals surface area contributed by atoms with Crippen molar-refractivity contribution in [1.82, 2.24) is 0 Å². The van der Waals surface area contributed by atoms with Crippen molar-refractivity contribution in [3.63, 3.8) is 0 Å². The minimum atomic E-state index is -1.73. The molecule has 0 saturated heterocycles. The summed E-state index contributed by atoms with van der Waals surface area (Å²) in [6.45, 7) is 12.5. The van der Waals surface area contributed by atoms with Crippen LogP contribution in [0.4, 0.5) is 0 Å². The summed E-state index contributed by atoms with van der Waals surface area (Å²) < 4.78 is 25.0. The van der Waals surface area contributed by atoms with Gasteiger partial charge in [-0.2, -0.15) is 0 Å². The van der Waals surface area contributed by atoms with Gasteiger partial charge in [0.15, 0.2) is 0 Å². The lowest BCUT2D eigenvalue weighted by Gasteiger charge is -2.12. The van der Waals surface area contributed by atoms with Gasteiger partial charge < -0.3 is 27.2 Å². The zero-order valence-electron chi connectivity index (χ0n) is 12.0. The molecule has 0 fully saturated rings. The maximum atomic E-state index is 8.67. The fraction of sp³-hybridized carbons (Fsp3) is 1.00. The van der Waals surface area contributed by atoms with Gasteiger partial charge in [-0.25, -0.2) is 0 Å². The molecule has 0 spiro atoms. The van der Waals surface area contributed by atoms with E-state index in [9.17, 15) is 0 Å². The highest BCUT2D eigenvalue weighted by Crippen LogP contribution is 2.31. The van der Waals surface area contributed by atoms with E-state index < -0.39 is 18.1 Å². The molecule has 18 heavy (non-hydrogen) atoms. The van der Waals surface area contributed by atoms with Gasteiger partial charge in [0.25, 0.3) is 0 Å². The summed E-state index contributed by atoms with van der Waals surface area (Å²) >= 11 is 0. The summed E-state index contributed by atoms with van der Waals surface area (Å²) in [7, 11) is -3.31. The summed E-state index contributed by atoms with van der Waals surface area (Å²) in [6.07, 6.45) is 0. The van der Waals surface area contributed by atoms with E-state index in [4.69, 9.17) is 18.2 Å². The molecule has 0 amide bonds. The van der Waals surface area contributed by atoms with Crippen LogP contribution in [0.25, 0.3) is 0 Å². The van der Waals surface area contributed by atoms with Crippen LogP contribution in [-0.4, -0.2) is 47.5 Å². The van der Waals surface area contributed by atoms with Crippen molar-refractivity contribution in [3.8, 4) is 0 Å². The maximum Gasteiger partial charge on any atom is 0.484 e. The zero-order valence-corrected chi connectivity index (χ0v) is 14.1. The van der Waals surface area contributed by atoms with Gasteiger partial charge in [-0.15, -0.1) is 0 Å². The molecule has 0 bridgehead atoms. The molecule has 0 unspecified atom stereocenters. The summed E-state index contributed by atoms with van der Waals surface area (Å²) in [5.41, 5.74) is 0. The first-order valence-corrected chi connectivity index (χ1v) is 8.80. The van der Waals surface area contributed by atoms with Gasteiger partial charge in [0.1, 0.15) is 0 Å². The maximum absolute atomic E-state index is 8.67. The highest BCUT2D eigenvalue weighted by Gasteiger charge is 2.11. The number of hydrogen-bond acceptors (Lipinski definition) is 6. The van der Waals surface area contributed by atoms with E-state index in [0.29, 0.717) is 33.0 Å². The van der Waals surface area contributed by atoms with Crippen LogP contribution in [0.2, 0.25) is 0 Å². The van der Waals surface area contributed by atoms with E-state index in [1.165, 1.54) is 0 Å². The van der Waals surface area contributed by atoms with Crippen LogP contribution in [0, 0.1) is 0 Å². The highest BCUT2D eigenvalue weighted by molar-refractivity contribution is 7.40. The third kappa shape index (κ3) is 16.4. The summed E-state index contributed by atoms with van der Waals surface area (Å²) in [5, 5.41) is 0. The molecule has 6 nitrogen and oxygen atoms in total. The van der Waals surface area contributed by atoms with E-state index in [1.807, 2.05) is 34.6 Å². The lowest BCUT2D eigenvalue weighted by atomic mass is 10.9. The van der Waals surface area contributed by atoms with Crippen LogP contribution in [-0.2, 0) is 22.3 Å². The Morgan fingerprint density at radius 2 is 1.06 bits per heavy atom. The van der Waals surface area contributed by atoms with Gasteiger partial charge in [-0.05, 0) is 34.6 Å². The van der Waals surface area contributed by atoms with E-state index in [2.05, 4.69) is 9.05 Å². The van der Waals surface area contributed by atoms with Crippen LogP contribution in [0.15, 0.2) is 0 Å². The molecular weight excluding hydrogens is 275 g/mol. The first-order chi connectivity index (χ1) is 8.65. The van der Waals surface area contributed by atoms with Gasteiger partial charge in [-0.1, -0.05) is 0 Å². The third-order valence-electron chi connectivity index (χ3n) is 1.39. The first kappa shape index (κ1) is 20.7. The minimum Gasteiger partial charge on any atom is -0.376 e. The third-order valence-corrected chi connectivity index (χ3v) is 4.16.